The summed E-state index contributed by atoms with van der Waals surface area (Å²) in [5.74, 6) is 0.886. The van der Waals surface area contributed by atoms with E-state index >= 15 is 0 Å². The molecule has 1 N–H and O–H groups in total. The van der Waals surface area contributed by atoms with Gasteiger partial charge in [0.1, 0.15) is 0 Å². The van der Waals surface area contributed by atoms with Gasteiger partial charge in [-0.25, -0.2) is 9.97 Å². The number of aromatic nitrogens is 2. The molecule has 1 amide bonds. The van der Waals surface area contributed by atoms with Crippen LogP contribution in [0.1, 0.15) is 24.0 Å². The number of hydrogen-bond acceptors (Lipinski definition) is 4. The van der Waals surface area contributed by atoms with Crippen LogP contribution < -0.4 is 5.32 Å². The molecular formula is C22H22N4O. The van der Waals surface area contributed by atoms with Gasteiger partial charge in [-0.15, -0.1) is 0 Å². The first kappa shape index (κ1) is 17.2. The summed E-state index contributed by atoms with van der Waals surface area (Å²) in [5, 5.41) is 3.27. The summed E-state index contributed by atoms with van der Waals surface area (Å²) in [5.41, 5.74) is 4.71. The number of hydrogen-bond donors (Lipinski definition) is 1. The molecule has 3 aromatic rings. The highest BCUT2D eigenvalue weighted by atomic mass is 16.2. The van der Waals surface area contributed by atoms with E-state index in [0.717, 1.165) is 18.5 Å². The first-order valence-electron chi connectivity index (χ1n) is 9.25. The molecule has 0 aliphatic carbocycles. The van der Waals surface area contributed by atoms with Crippen molar-refractivity contribution in [2.45, 2.75) is 25.9 Å². The van der Waals surface area contributed by atoms with Gasteiger partial charge in [0.25, 0.3) is 0 Å². The molecule has 1 fully saturated rings. The Hall–Kier alpha value is -3.21. The zero-order valence-corrected chi connectivity index (χ0v) is 15.1. The maximum absolute atomic E-state index is 11.8. The smallest absolute Gasteiger partial charge is 0.222 e. The second-order valence-electron chi connectivity index (χ2n) is 6.70. The van der Waals surface area contributed by atoms with E-state index in [1.54, 1.807) is 18.5 Å². The summed E-state index contributed by atoms with van der Waals surface area (Å²) in [4.78, 5) is 22.2. The van der Waals surface area contributed by atoms with Crippen molar-refractivity contribution < 1.29 is 4.79 Å². The van der Waals surface area contributed by atoms with Crippen molar-refractivity contribution in [1.82, 2.24) is 14.9 Å². The summed E-state index contributed by atoms with van der Waals surface area (Å²) < 4.78 is 0. The SMILES string of the molecule is O=C1CCCN1Cc1ccc(-c2ccccc2CNc2ncccn2)cc1. The number of anilines is 1. The standard InChI is InChI=1S/C22H22N4O/c27-21-7-3-14-26(21)16-17-8-10-18(11-9-17)20-6-2-1-5-19(20)15-25-22-23-12-4-13-24-22/h1-2,4-6,8-13H,3,7,14-16H2,(H,23,24,25). The van der Waals surface area contributed by atoms with E-state index < -0.39 is 0 Å². The summed E-state index contributed by atoms with van der Waals surface area (Å²) in [6, 6.07) is 18.6. The number of likely N-dealkylation sites (tertiary alicyclic amines) is 1. The molecule has 136 valence electrons. The number of nitrogens with one attached hydrogen (secondary N) is 1. The summed E-state index contributed by atoms with van der Waals surface area (Å²) >= 11 is 0. The molecular weight excluding hydrogens is 336 g/mol. The Bertz CT molecular complexity index is 909. The molecule has 5 heteroatoms. The molecule has 5 nitrogen and oxygen atoms in total. The van der Waals surface area contributed by atoms with Crippen LogP contribution in [-0.4, -0.2) is 27.3 Å². The van der Waals surface area contributed by atoms with Crippen LogP contribution >= 0.6 is 0 Å². The Morgan fingerprint density at radius 2 is 1.74 bits per heavy atom. The van der Waals surface area contributed by atoms with Crippen molar-refractivity contribution in [3.05, 3.63) is 78.1 Å². The molecule has 1 saturated heterocycles. The minimum atomic E-state index is 0.263. The number of amides is 1. The normalized spacial score (nSPS) is 13.8. The summed E-state index contributed by atoms with van der Waals surface area (Å²) in [7, 11) is 0. The van der Waals surface area contributed by atoms with Gasteiger partial charge < -0.3 is 10.2 Å². The largest absolute Gasteiger partial charge is 0.350 e. The minimum Gasteiger partial charge on any atom is -0.350 e. The molecule has 2 aromatic carbocycles. The van der Waals surface area contributed by atoms with Crippen molar-refractivity contribution in [3.8, 4) is 11.1 Å². The third kappa shape index (κ3) is 4.14. The van der Waals surface area contributed by atoms with E-state index in [4.69, 9.17) is 0 Å². The minimum absolute atomic E-state index is 0.263. The molecule has 0 atom stereocenters. The summed E-state index contributed by atoms with van der Waals surface area (Å²) in [6.45, 7) is 2.23. The first-order valence-corrected chi connectivity index (χ1v) is 9.25. The molecule has 0 unspecified atom stereocenters. The molecule has 2 heterocycles. The predicted molar refractivity (Wildman–Crippen MR) is 106 cm³/mol. The van der Waals surface area contributed by atoms with Crippen LogP contribution in [0.2, 0.25) is 0 Å². The maximum atomic E-state index is 11.8. The Morgan fingerprint density at radius 3 is 2.48 bits per heavy atom. The molecule has 1 aliphatic rings. The Morgan fingerprint density at radius 1 is 0.963 bits per heavy atom. The zero-order valence-electron chi connectivity index (χ0n) is 15.1. The Labute approximate surface area is 159 Å². The molecule has 0 spiro atoms. The second-order valence-corrected chi connectivity index (χ2v) is 6.70. The third-order valence-corrected chi connectivity index (χ3v) is 4.83. The first-order chi connectivity index (χ1) is 13.3. The van der Waals surface area contributed by atoms with Crippen LogP contribution in [0.5, 0.6) is 0 Å². The number of rotatable bonds is 6. The molecule has 4 rings (SSSR count). The van der Waals surface area contributed by atoms with Gasteiger partial charge in [0.15, 0.2) is 0 Å². The van der Waals surface area contributed by atoms with Crippen molar-refractivity contribution in [2.24, 2.45) is 0 Å². The molecule has 27 heavy (non-hydrogen) atoms. The van der Waals surface area contributed by atoms with Crippen LogP contribution in [0.4, 0.5) is 5.95 Å². The van der Waals surface area contributed by atoms with Crippen molar-refractivity contribution in [2.75, 3.05) is 11.9 Å². The topological polar surface area (TPSA) is 58.1 Å². The lowest BCUT2D eigenvalue weighted by atomic mass is 9.98. The fourth-order valence-corrected chi connectivity index (χ4v) is 3.40. The number of carbonyl (C=O) groups excluding carboxylic acids is 1. The average molecular weight is 358 g/mol. The van der Waals surface area contributed by atoms with Gasteiger partial charge in [0, 0.05) is 38.4 Å². The highest BCUT2D eigenvalue weighted by molar-refractivity contribution is 5.78. The van der Waals surface area contributed by atoms with E-state index in [1.807, 2.05) is 11.0 Å². The van der Waals surface area contributed by atoms with E-state index in [9.17, 15) is 4.79 Å². The van der Waals surface area contributed by atoms with Crippen LogP contribution in [0.3, 0.4) is 0 Å². The van der Waals surface area contributed by atoms with E-state index in [-0.39, 0.29) is 5.91 Å². The highest BCUT2D eigenvalue weighted by Gasteiger charge is 2.19. The van der Waals surface area contributed by atoms with Gasteiger partial charge in [-0.2, -0.15) is 0 Å². The van der Waals surface area contributed by atoms with E-state index in [0.29, 0.717) is 25.5 Å². The molecule has 1 aliphatic heterocycles. The summed E-state index contributed by atoms with van der Waals surface area (Å²) in [6.07, 6.45) is 5.11. The highest BCUT2D eigenvalue weighted by Crippen LogP contribution is 2.25. The van der Waals surface area contributed by atoms with E-state index in [2.05, 4.69) is 57.7 Å². The van der Waals surface area contributed by atoms with Gasteiger partial charge in [-0.3, -0.25) is 4.79 Å². The number of benzene rings is 2. The molecule has 0 saturated carbocycles. The van der Waals surface area contributed by atoms with Gasteiger partial charge in [0.2, 0.25) is 11.9 Å². The van der Waals surface area contributed by atoms with Crippen LogP contribution in [0, 0.1) is 0 Å². The Balaban J connectivity index is 1.48. The maximum Gasteiger partial charge on any atom is 0.222 e. The van der Waals surface area contributed by atoms with Crippen molar-refractivity contribution in [1.29, 1.82) is 0 Å². The van der Waals surface area contributed by atoms with Gasteiger partial charge in [-0.05, 0) is 34.7 Å². The van der Waals surface area contributed by atoms with Crippen LogP contribution in [-0.2, 0) is 17.9 Å². The average Bonchev–Trinajstić information content (AvgIpc) is 3.12. The lowest BCUT2D eigenvalue weighted by Crippen LogP contribution is -2.23. The number of carbonyl (C=O) groups is 1. The predicted octanol–water partition coefficient (Wildman–Crippen LogP) is 3.88. The molecule has 0 bridgehead atoms. The van der Waals surface area contributed by atoms with E-state index in [1.165, 1.54) is 16.7 Å². The quantitative estimate of drug-likeness (QED) is 0.726. The zero-order chi connectivity index (χ0) is 18.5. The Kier molecular flexibility index (Phi) is 5.10. The van der Waals surface area contributed by atoms with Gasteiger partial charge >= 0.3 is 0 Å². The van der Waals surface area contributed by atoms with Crippen LogP contribution in [0.25, 0.3) is 11.1 Å². The fraction of sp³-hybridized carbons (Fsp3) is 0.227. The second kappa shape index (κ2) is 7.99. The van der Waals surface area contributed by atoms with Gasteiger partial charge in [0.05, 0.1) is 0 Å². The fourth-order valence-electron chi connectivity index (χ4n) is 3.40. The third-order valence-electron chi connectivity index (χ3n) is 4.83. The number of nitrogens with zero attached hydrogens (tertiary/aromatic N) is 3. The monoisotopic (exact) mass is 358 g/mol. The molecule has 1 aromatic heterocycles. The van der Waals surface area contributed by atoms with Gasteiger partial charge in [-0.1, -0.05) is 48.5 Å². The molecule has 0 radical (unpaired) electrons. The lowest BCUT2D eigenvalue weighted by Gasteiger charge is -2.16. The van der Waals surface area contributed by atoms with Crippen molar-refractivity contribution in [3.63, 3.8) is 0 Å². The lowest BCUT2D eigenvalue weighted by molar-refractivity contribution is -0.128. The van der Waals surface area contributed by atoms with Crippen molar-refractivity contribution >= 4 is 11.9 Å². The van der Waals surface area contributed by atoms with Crippen LogP contribution in [0.15, 0.2) is 67.0 Å².